The highest BCUT2D eigenvalue weighted by Crippen LogP contribution is 2.44. The molecule has 1 aliphatic rings. The Morgan fingerprint density at radius 2 is 1.33 bits per heavy atom. The average molecular weight is 302 g/mol. The number of rotatable bonds is 0. The summed E-state index contributed by atoms with van der Waals surface area (Å²) in [5, 5.41) is 19.3. The van der Waals surface area contributed by atoms with Gasteiger partial charge in [-0.25, -0.2) is 0 Å². The molecule has 0 amide bonds. The van der Waals surface area contributed by atoms with Gasteiger partial charge in [0.1, 0.15) is 3.23 Å². The maximum absolute atomic E-state index is 9.67. The first kappa shape index (κ1) is 11.0. The fourth-order valence-electron chi connectivity index (χ4n) is 1.46. The summed E-state index contributed by atoms with van der Waals surface area (Å²) < 4.78 is -0.715. The Hall–Kier alpha value is 0.880. The SMILES string of the molecule is OC1(O)CCCCCCC1(Br)Br. The minimum atomic E-state index is -1.62. The van der Waals surface area contributed by atoms with Crippen LogP contribution in [0.2, 0.25) is 0 Å². The predicted molar refractivity (Wildman–Crippen MR) is 55.5 cm³/mol. The number of hydrogen-bond acceptors (Lipinski definition) is 2. The molecule has 72 valence electrons. The highest BCUT2D eigenvalue weighted by atomic mass is 79.9. The topological polar surface area (TPSA) is 40.5 Å². The van der Waals surface area contributed by atoms with Gasteiger partial charge in [0.2, 0.25) is 0 Å². The lowest BCUT2D eigenvalue weighted by atomic mass is 9.96. The fraction of sp³-hybridized carbons (Fsp3) is 1.00. The van der Waals surface area contributed by atoms with Gasteiger partial charge >= 0.3 is 0 Å². The van der Waals surface area contributed by atoms with Gasteiger partial charge in [-0.05, 0) is 12.8 Å². The Morgan fingerprint density at radius 3 is 1.92 bits per heavy atom. The van der Waals surface area contributed by atoms with E-state index in [0.717, 1.165) is 25.7 Å². The zero-order chi connectivity index (χ0) is 9.24. The van der Waals surface area contributed by atoms with E-state index in [2.05, 4.69) is 31.9 Å². The van der Waals surface area contributed by atoms with E-state index in [0.29, 0.717) is 6.42 Å². The van der Waals surface area contributed by atoms with Crippen molar-refractivity contribution in [3.8, 4) is 0 Å². The van der Waals surface area contributed by atoms with Gasteiger partial charge in [-0.3, -0.25) is 0 Å². The molecule has 0 atom stereocenters. The van der Waals surface area contributed by atoms with Crippen molar-refractivity contribution in [2.24, 2.45) is 0 Å². The standard InChI is InChI=1S/C8H14Br2O2/c9-7(10)5-3-1-2-4-6-8(7,11)12/h11-12H,1-6H2. The highest BCUT2D eigenvalue weighted by Gasteiger charge is 2.45. The van der Waals surface area contributed by atoms with Crippen molar-refractivity contribution in [2.45, 2.75) is 47.5 Å². The van der Waals surface area contributed by atoms with Crippen LogP contribution in [-0.2, 0) is 0 Å². The molecule has 2 N–H and O–H groups in total. The van der Waals surface area contributed by atoms with Crippen LogP contribution in [0.1, 0.15) is 38.5 Å². The molecule has 0 aromatic heterocycles. The van der Waals surface area contributed by atoms with Crippen LogP contribution in [0.25, 0.3) is 0 Å². The largest absolute Gasteiger partial charge is 0.364 e. The third-order valence-corrected chi connectivity index (χ3v) is 4.41. The molecule has 1 fully saturated rings. The summed E-state index contributed by atoms with van der Waals surface area (Å²) in [6.45, 7) is 0. The first-order chi connectivity index (χ1) is 5.46. The molecule has 0 spiro atoms. The van der Waals surface area contributed by atoms with Crippen LogP contribution in [0.15, 0.2) is 0 Å². The molecule has 0 radical (unpaired) electrons. The molecule has 0 saturated heterocycles. The van der Waals surface area contributed by atoms with Gasteiger partial charge in [0.15, 0.2) is 5.79 Å². The van der Waals surface area contributed by atoms with Crippen molar-refractivity contribution >= 4 is 31.9 Å². The van der Waals surface area contributed by atoms with Gasteiger partial charge in [-0.2, -0.15) is 0 Å². The summed E-state index contributed by atoms with van der Waals surface area (Å²) in [7, 11) is 0. The average Bonchev–Trinajstić information content (AvgIpc) is 1.94. The van der Waals surface area contributed by atoms with Crippen LogP contribution in [-0.4, -0.2) is 19.2 Å². The Labute approximate surface area is 89.6 Å². The zero-order valence-electron chi connectivity index (χ0n) is 6.89. The second-order valence-corrected chi connectivity index (χ2v) is 7.21. The van der Waals surface area contributed by atoms with E-state index in [1.807, 2.05) is 0 Å². The van der Waals surface area contributed by atoms with E-state index in [9.17, 15) is 10.2 Å². The van der Waals surface area contributed by atoms with E-state index in [-0.39, 0.29) is 0 Å². The molecule has 4 heteroatoms. The molecule has 0 bridgehead atoms. The van der Waals surface area contributed by atoms with Gasteiger partial charge in [0.25, 0.3) is 0 Å². The zero-order valence-corrected chi connectivity index (χ0v) is 10.1. The molecule has 0 unspecified atom stereocenters. The quantitative estimate of drug-likeness (QED) is 0.533. The van der Waals surface area contributed by atoms with E-state index in [1.54, 1.807) is 0 Å². The summed E-state index contributed by atoms with van der Waals surface area (Å²) in [6.07, 6.45) is 5.36. The number of aliphatic hydroxyl groups is 2. The lowest BCUT2D eigenvalue weighted by molar-refractivity contribution is -0.173. The summed E-state index contributed by atoms with van der Waals surface area (Å²) in [6, 6.07) is 0. The second kappa shape index (κ2) is 3.95. The second-order valence-electron chi connectivity index (χ2n) is 3.44. The number of hydrogen-bond donors (Lipinski definition) is 2. The van der Waals surface area contributed by atoms with Crippen molar-refractivity contribution in [3.63, 3.8) is 0 Å². The molecule has 1 rings (SSSR count). The van der Waals surface area contributed by atoms with E-state index in [1.165, 1.54) is 6.42 Å². The fourth-order valence-corrected chi connectivity index (χ4v) is 2.41. The molecule has 0 aliphatic heterocycles. The normalized spacial score (nSPS) is 29.0. The highest BCUT2D eigenvalue weighted by molar-refractivity contribution is 9.25. The van der Waals surface area contributed by atoms with E-state index >= 15 is 0 Å². The summed E-state index contributed by atoms with van der Waals surface area (Å²) in [4.78, 5) is 0. The maximum Gasteiger partial charge on any atom is 0.188 e. The van der Waals surface area contributed by atoms with E-state index < -0.39 is 9.02 Å². The third kappa shape index (κ3) is 2.44. The molecule has 1 aliphatic carbocycles. The lowest BCUT2D eigenvalue weighted by Crippen LogP contribution is -2.46. The van der Waals surface area contributed by atoms with Crippen LogP contribution in [0, 0.1) is 0 Å². The molecular formula is C8H14Br2O2. The van der Waals surface area contributed by atoms with E-state index in [4.69, 9.17) is 0 Å². The van der Waals surface area contributed by atoms with Crippen LogP contribution < -0.4 is 0 Å². The third-order valence-electron chi connectivity index (χ3n) is 2.35. The van der Waals surface area contributed by atoms with Crippen molar-refractivity contribution in [1.82, 2.24) is 0 Å². The first-order valence-electron chi connectivity index (χ1n) is 4.28. The van der Waals surface area contributed by atoms with Crippen molar-refractivity contribution in [2.75, 3.05) is 0 Å². The van der Waals surface area contributed by atoms with Crippen LogP contribution in [0.4, 0.5) is 0 Å². The molecule has 12 heavy (non-hydrogen) atoms. The van der Waals surface area contributed by atoms with Crippen LogP contribution in [0.3, 0.4) is 0 Å². The van der Waals surface area contributed by atoms with Gasteiger partial charge in [0.05, 0.1) is 0 Å². The molecular weight excluding hydrogens is 288 g/mol. The Bertz CT molecular complexity index is 139. The molecule has 2 nitrogen and oxygen atoms in total. The van der Waals surface area contributed by atoms with Crippen molar-refractivity contribution in [1.29, 1.82) is 0 Å². The lowest BCUT2D eigenvalue weighted by Gasteiger charge is -2.36. The van der Waals surface area contributed by atoms with Crippen molar-refractivity contribution < 1.29 is 10.2 Å². The van der Waals surface area contributed by atoms with Crippen LogP contribution in [0.5, 0.6) is 0 Å². The first-order valence-corrected chi connectivity index (χ1v) is 5.87. The van der Waals surface area contributed by atoms with Gasteiger partial charge in [0, 0.05) is 6.42 Å². The summed E-state index contributed by atoms with van der Waals surface area (Å²) >= 11 is 6.63. The van der Waals surface area contributed by atoms with Crippen LogP contribution >= 0.6 is 31.9 Å². The van der Waals surface area contributed by atoms with Crippen molar-refractivity contribution in [3.05, 3.63) is 0 Å². The monoisotopic (exact) mass is 300 g/mol. The molecule has 0 aromatic rings. The minimum absolute atomic E-state index is 0.434. The maximum atomic E-state index is 9.67. The van der Waals surface area contributed by atoms with Gasteiger partial charge in [-0.1, -0.05) is 51.1 Å². The Morgan fingerprint density at radius 1 is 0.833 bits per heavy atom. The molecule has 1 saturated carbocycles. The Kier molecular flexibility index (Phi) is 3.60. The predicted octanol–water partition coefficient (Wildman–Crippen LogP) is 2.51. The minimum Gasteiger partial charge on any atom is -0.364 e. The Balaban J connectivity index is 2.66. The smallest absolute Gasteiger partial charge is 0.188 e. The number of alkyl halides is 2. The van der Waals surface area contributed by atoms with Gasteiger partial charge in [-0.15, -0.1) is 0 Å². The summed E-state index contributed by atoms with van der Waals surface area (Å²) in [5.74, 6) is -1.62. The van der Waals surface area contributed by atoms with Gasteiger partial charge < -0.3 is 10.2 Å². The molecule has 0 aromatic carbocycles. The number of halogens is 2. The molecule has 0 heterocycles. The summed E-state index contributed by atoms with van der Waals surface area (Å²) in [5.41, 5.74) is 0.